The third-order valence-electron chi connectivity index (χ3n) is 2.41. The van der Waals surface area contributed by atoms with E-state index in [1.807, 2.05) is 0 Å². The maximum Gasteiger partial charge on any atom is 0.374 e. The number of rotatable bonds is 5. The summed E-state index contributed by atoms with van der Waals surface area (Å²) in [6, 6.07) is 6.11. The molecule has 0 saturated carbocycles. The highest BCUT2D eigenvalue weighted by Crippen LogP contribution is 2.25. The minimum absolute atomic E-state index is 0.0796. The van der Waals surface area contributed by atoms with Crippen LogP contribution in [-0.2, 0) is 9.47 Å². The molecular formula is C14H14O6. The van der Waals surface area contributed by atoms with Crippen LogP contribution in [0.1, 0.15) is 35.0 Å². The van der Waals surface area contributed by atoms with Crippen molar-refractivity contribution in [2.45, 2.75) is 13.8 Å². The Morgan fingerprint density at radius 3 is 1.60 bits per heavy atom. The molecule has 20 heavy (non-hydrogen) atoms. The first-order valence-corrected chi connectivity index (χ1v) is 6.20. The molecule has 2 heterocycles. The Morgan fingerprint density at radius 1 is 0.850 bits per heavy atom. The molecule has 2 aromatic rings. The fourth-order valence-corrected chi connectivity index (χ4v) is 1.56. The van der Waals surface area contributed by atoms with Crippen LogP contribution < -0.4 is 0 Å². The minimum atomic E-state index is -0.545. The first-order chi connectivity index (χ1) is 9.65. The van der Waals surface area contributed by atoms with Crippen molar-refractivity contribution in [3.63, 3.8) is 0 Å². The number of ether oxygens (including phenoxy) is 2. The van der Waals surface area contributed by atoms with Crippen LogP contribution in [0, 0.1) is 0 Å². The predicted molar refractivity (Wildman–Crippen MR) is 68.3 cm³/mol. The molecule has 0 aliphatic heterocycles. The molecule has 0 unspecified atom stereocenters. The van der Waals surface area contributed by atoms with E-state index in [9.17, 15) is 9.59 Å². The van der Waals surface area contributed by atoms with Crippen molar-refractivity contribution in [3.8, 4) is 11.5 Å². The molecule has 6 heteroatoms. The van der Waals surface area contributed by atoms with Gasteiger partial charge in [0, 0.05) is 0 Å². The molecule has 2 rings (SSSR count). The summed E-state index contributed by atoms with van der Waals surface area (Å²) in [6.07, 6.45) is 0. The largest absolute Gasteiger partial charge is 0.460 e. The lowest BCUT2D eigenvalue weighted by atomic mass is 10.3. The average molecular weight is 278 g/mol. The van der Waals surface area contributed by atoms with Crippen molar-refractivity contribution >= 4 is 11.9 Å². The van der Waals surface area contributed by atoms with E-state index in [4.69, 9.17) is 18.3 Å². The Balaban J connectivity index is 2.16. The van der Waals surface area contributed by atoms with Gasteiger partial charge >= 0.3 is 11.9 Å². The van der Waals surface area contributed by atoms with E-state index in [-0.39, 0.29) is 24.7 Å². The lowest BCUT2D eigenvalue weighted by molar-refractivity contribution is 0.0479. The molecule has 0 aliphatic carbocycles. The van der Waals surface area contributed by atoms with Gasteiger partial charge in [-0.2, -0.15) is 0 Å². The van der Waals surface area contributed by atoms with Gasteiger partial charge in [-0.05, 0) is 38.1 Å². The summed E-state index contributed by atoms with van der Waals surface area (Å²) < 4.78 is 20.3. The fraction of sp³-hybridized carbons (Fsp3) is 0.286. The van der Waals surface area contributed by atoms with Crippen LogP contribution in [0.5, 0.6) is 0 Å². The summed E-state index contributed by atoms with van der Waals surface area (Å²) in [5.74, 6) is -0.258. The Hall–Kier alpha value is -2.50. The van der Waals surface area contributed by atoms with Crippen molar-refractivity contribution in [2.24, 2.45) is 0 Å². The van der Waals surface area contributed by atoms with Gasteiger partial charge < -0.3 is 18.3 Å². The van der Waals surface area contributed by atoms with Crippen LogP contribution in [0.3, 0.4) is 0 Å². The van der Waals surface area contributed by atoms with Gasteiger partial charge in [0.05, 0.1) is 13.2 Å². The Labute approximate surface area is 115 Å². The first kappa shape index (κ1) is 13.9. The predicted octanol–water partition coefficient (Wildman–Crippen LogP) is 2.89. The zero-order valence-corrected chi connectivity index (χ0v) is 11.2. The summed E-state index contributed by atoms with van der Waals surface area (Å²) >= 11 is 0. The van der Waals surface area contributed by atoms with Gasteiger partial charge in [0.15, 0.2) is 11.5 Å². The van der Waals surface area contributed by atoms with Crippen molar-refractivity contribution in [1.82, 2.24) is 0 Å². The maximum atomic E-state index is 11.5. The summed E-state index contributed by atoms with van der Waals surface area (Å²) in [7, 11) is 0. The average Bonchev–Trinajstić information content (AvgIpc) is 3.08. The summed E-state index contributed by atoms with van der Waals surface area (Å²) in [6.45, 7) is 3.95. The minimum Gasteiger partial charge on any atom is -0.460 e. The normalized spacial score (nSPS) is 10.3. The van der Waals surface area contributed by atoms with Crippen LogP contribution >= 0.6 is 0 Å². The molecule has 106 valence electrons. The van der Waals surface area contributed by atoms with Gasteiger partial charge in [0.1, 0.15) is 0 Å². The summed E-state index contributed by atoms with van der Waals surface area (Å²) in [4.78, 5) is 22.9. The van der Waals surface area contributed by atoms with Crippen LogP contribution in [0.15, 0.2) is 33.1 Å². The van der Waals surface area contributed by atoms with Gasteiger partial charge in [-0.1, -0.05) is 0 Å². The van der Waals surface area contributed by atoms with Gasteiger partial charge in [0.25, 0.3) is 0 Å². The van der Waals surface area contributed by atoms with E-state index in [2.05, 4.69) is 0 Å². The monoisotopic (exact) mass is 278 g/mol. The zero-order chi connectivity index (χ0) is 14.5. The Kier molecular flexibility index (Phi) is 4.24. The quantitative estimate of drug-likeness (QED) is 0.782. The van der Waals surface area contributed by atoms with E-state index in [0.29, 0.717) is 11.5 Å². The number of esters is 2. The van der Waals surface area contributed by atoms with Crippen LogP contribution in [0.2, 0.25) is 0 Å². The molecule has 2 aromatic heterocycles. The van der Waals surface area contributed by atoms with Crippen LogP contribution in [0.25, 0.3) is 11.5 Å². The number of hydrogen-bond donors (Lipinski definition) is 0. The van der Waals surface area contributed by atoms with Gasteiger partial charge in [-0.25, -0.2) is 9.59 Å². The van der Waals surface area contributed by atoms with Crippen LogP contribution in [-0.4, -0.2) is 25.2 Å². The van der Waals surface area contributed by atoms with Gasteiger partial charge in [-0.15, -0.1) is 0 Å². The fourth-order valence-electron chi connectivity index (χ4n) is 1.56. The first-order valence-electron chi connectivity index (χ1n) is 6.20. The highest BCUT2D eigenvalue weighted by Gasteiger charge is 2.17. The highest BCUT2D eigenvalue weighted by molar-refractivity contribution is 5.88. The third-order valence-corrected chi connectivity index (χ3v) is 2.41. The lowest BCUT2D eigenvalue weighted by Crippen LogP contribution is -2.02. The molecule has 0 spiro atoms. The van der Waals surface area contributed by atoms with Gasteiger partial charge in [0.2, 0.25) is 11.5 Å². The maximum absolute atomic E-state index is 11.5. The molecule has 0 aromatic carbocycles. The van der Waals surface area contributed by atoms with E-state index >= 15 is 0 Å². The van der Waals surface area contributed by atoms with Crippen molar-refractivity contribution in [2.75, 3.05) is 13.2 Å². The van der Waals surface area contributed by atoms with Crippen molar-refractivity contribution in [1.29, 1.82) is 0 Å². The Bertz CT molecular complexity index is 552. The third kappa shape index (κ3) is 2.90. The highest BCUT2D eigenvalue weighted by atomic mass is 16.6. The second-order valence-corrected chi connectivity index (χ2v) is 3.77. The van der Waals surface area contributed by atoms with Crippen molar-refractivity contribution in [3.05, 3.63) is 35.8 Å². The molecule has 0 saturated heterocycles. The number of hydrogen-bond acceptors (Lipinski definition) is 6. The second kappa shape index (κ2) is 6.10. The van der Waals surface area contributed by atoms with E-state index in [0.717, 1.165) is 0 Å². The molecular weight excluding hydrogens is 264 g/mol. The number of furan rings is 2. The van der Waals surface area contributed by atoms with Crippen molar-refractivity contribution < 1.29 is 27.9 Å². The molecule has 0 atom stereocenters. The molecule has 0 amide bonds. The lowest BCUT2D eigenvalue weighted by Gasteiger charge is -1.97. The summed E-state index contributed by atoms with van der Waals surface area (Å²) in [5, 5.41) is 0. The van der Waals surface area contributed by atoms with E-state index in [1.54, 1.807) is 26.0 Å². The second-order valence-electron chi connectivity index (χ2n) is 3.77. The topological polar surface area (TPSA) is 78.9 Å². The van der Waals surface area contributed by atoms with Crippen LogP contribution in [0.4, 0.5) is 0 Å². The van der Waals surface area contributed by atoms with E-state index in [1.165, 1.54) is 12.1 Å². The SMILES string of the molecule is CCOC(=O)c1ccc(-c2ccc(C(=O)OCC)o2)o1. The number of carbonyl (C=O) groups is 2. The molecule has 0 fully saturated rings. The standard InChI is InChI=1S/C14H14O6/c1-3-17-13(15)11-7-5-9(19-11)10-6-8-12(20-10)14(16)18-4-2/h5-8H,3-4H2,1-2H3. The Morgan fingerprint density at radius 2 is 1.25 bits per heavy atom. The van der Waals surface area contributed by atoms with E-state index < -0.39 is 11.9 Å². The summed E-state index contributed by atoms with van der Waals surface area (Å²) in [5.41, 5.74) is 0. The molecule has 0 bridgehead atoms. The smallest absolute Gasteiger partial charge is 0.374 e. The van der Waals surface area contributed by atoms with Gasteiger partial charge in [-0.3, -0.25) is 0 Å². The molecule has 0 aliphatic rings. The molecule has 0 radical (unpaired) electrons. The zero-order valence-electron chi connectivity index (χ0n) is 11.2. The molecule has 0 N–H and O–H groups in total. The number of carbonyl (C=O) groups excluding carboxylic acids is 2. The molecule has 6 nitrogen and oxygen atoms in total.